The molecule has 1 unspecified atom stereocenters. The highest BCUT2D eigenvalue weighted by Gasteiger charge is 2.31. The number of aryl methyl sites for hydroxylation is 1. The Bertz CT molecular complexity index is 1600. The van der Waals surface area contributed by atoms with Crippen LogP contribution >= 0.6 is 0 Å². The summed E-state index contributed by atoms with van der Waals surface area (Å²) in [5, 5.41) is 12.4. The number of alkyl halides is 1. The number of halogens is 1. The smallest absolute Gasteiger partial charge is 0.405 e. The highest BCUT2D eigenvalue weighted by molar-refractivity contribution is 6.01. The lowest BCUT2D eigenvalue weighted by molar-refractivity contribution is 0.0697. The van der Waals surface area contributed by atoms with E-state index in [0.29, 0.717) is 30.0 Å². The van der Waals surface area contributed by atoms with Gasteiger partial charge in [-0.25, -0.2) is 14.2 Å². The molecule has 10 heteroatoms. The largest absolute Gasteiger partial charge is 0.495 e. The Balaban J connectivity index is 1.40. The summed E-state index contributed by atoms with van der Waals surface area (Å²) in [6, 6.07) is 11.1. The van der Waals surface area contributed by atoms with Crippen molar-refractivity contribution in [2.45, 2.75) is 44.9 Å². The average molecular weight is 534 g/mol. The fourth-order valence-corrected chi connectivity index (χ4v) is 5.71. The third-order valence-electron chi connectivity index (χ3n) is 8.02. The Kier molecular flexibility index (Phi) is 6.20. The molecule has 4 aromatic rings. The summed E-state index contributed by atoms with van der Waals surface area (Å²) in [5.74, 6) is 2.04. The number of carboxylic acid groups (broad SMARTS) is 1. The van der Waals surface area contributed by atoms with Crippen molar-refractivity contribution in [1.82, 2.24) is 24.3 Å². The normalized spacial score (nSPS) is 16.9. The third-order valence-corrected chi connectivity index (χ3v) is 8.02. The molecule has 1 saturated carbocycles. The van der Waals surface area contributed by atoms with Crippen LogP contribution in [0.15, 0.2) is 36.4 Å². The zero-order valence-corrected chi connectivity index (χ0v) is 22.3. The Hall–Kier alpha value is -4.08. The number of aromatic nitrogens is 3. The molecule has 2 amide bonds. The molecule has 2 aliphatic rings. The van der Waals surface area contributed by atoms with Crippen LogP contribution in [0.1, 0.15) is 35.7 Å². The number of carbonyl (C=O) groups excluding carboxylic acids is 1. The highest BCUT2D eigenvalue weighted by Crippen LogP contribution is 2.39. The summed E-state index contributed by atoms with van der Waals surface area (Å²) in [5.41, 5.74) is 5.14. The van der Waals surface area contributed by atoms with Crippen molar-refractivity contribution >= 4 is 33.9 Å². The van der Waals surface area contributed by atoms with Crippen molar-refractivity contribution in [3.63, 3.8) is 0 Å². The van der Waals surface area contributed by atoms with Gasteiger partial charge in [0.25, 0.3) is 5.91 Å². The van der Waals surface area contributed by atoms with E-state index in [1.807, 2.05) is 31.3 Å². The molecular formula is C29H32FN5O4. The van der Waals surface area contributed by atoms with E-state index >= 15 is 0 Å². The molecule has 39 heavy (non-hydrogen) atoms. The maximum absolute atomic E-state index is 14.1. The zero-order chi connectivity index (χ0) is 27.4. The minimum absolute atomic E-state index is 0.0309. The number of ether oxygens (including phenoxy) is 1. The van der Waals surface area contributed by atoms with Crippen LogP contribution in [-0.2, 0) is 20.0 Å². The zero-order valence-electron chi connectivity index (χ0n) is 22.3. The van der Waals surface area contributed by atoms with E-state index in [4.69, 9.17) is 14.8 Å². The summed E-state index contributed by atoms with van der Waals surface area (Å²) in [6.07, 6.45) is 0.279. The number of hydrogen-bond acceptors (Lipinski definition) is 4. The topological polar surface area (TPSA) is 102 Å². The van der Waals surface area contributed by atoms with Crippen molar-refractivity contribution in [2.75, 3.05) is 20.2 Å². The summed E-state index contributed by atoms with van der Waals surface area (Å²) < 4.78 is 24.2. The van der Waals surface area contributed by atoms with Gasteiger partial charge in [-0.2, -0.15) is 0 Å². The summed E-state index contributed by atoms with van der Waals surface area (Å²) in [6.45, 7) is 2.55. The molecule has 204 valence electrons. The molecule has 0 radical (unpaired) electrons. The van der Waals surface area contributed by atoms with Crippen LogP contribution in [-0.4, -0.2) is 68.5 Å². The van der Waals surface area contributed by atoms with Gasteiger partial charge in [-0.05, 0) is 61.9 Å². The Labute approximate surface area is 225 Å². The Morgan fingerprint density at radius 3 is 2.77 bits per heavy atom. The average Bonchev–Trinajstić information content (AvgIpc) is 3.58. The first-order chi connectivity index (χ1) is 18.7. The number of hydrogen-bond donors (Lipinski definition) is 2. The van der Waals surface area contributed by atoms with Gasteiger partial charge in [0.2, 0.25) is 0 Å². The van der Waals surface area contributed by atoms with Crippen LogP contribution in [0.4, 0.5) is 9.18 Å². The van der Waals surface area contributed by atoms with Gasteiger partial charge in [0.15, 0.2) is 5.82 Å². The van der Waals surface area contributed by atoms with Crippen molar-refractivity contribution in [3.05, 3.63) is 47.5 Å². The first-order valence-electron chi connectivity index (χ1n) is 13.3. The monoisotopic (exact) mass is 533 g/mol. The number of para-hydroxylation sites is 1. The molecule has 6 rings (SSSR count). The van der Waals surface area contributed by atoms with Crippen molar-refractivity contribution < 1.29 is 23.8 Å². The molecule has 1 aliphatic carbocycles. The standard InChI is InChI=1S/C29H32FN5O4/c1-16(30)22(32-29(37)38)15-34-10-9-18-11-23-21(13-20(18)28(34)36)31-27(33(23)2)24-12-19-5-4-6-25(39-3)26(19)35(24)14-17-7-8-17/h4-6,11-13,16-17,22,32H,7-10,14-15H2,1-3H3,(H,37,38)/t16?,22-/m0/s1. The molecule has 3 heterocycles. The van der Waals surface area contributed by atoms with E-state index in [-0.39, 0.29) is 12.5 Å². The number of nitrogens with one attached hydrogen (secondary N) is 1. The van der Waals surface area contributed by atoms with Crippen LogP contribution in [0.5, 0.6) is 5.75 Å². The lowest BCUT2D eigenvalue weighted by Crippen LogP contribution is -2.51. The Morgan fingerprint density at radius 1 is 1.28 bits per heavy atom. The van der Waals surface area contributed by atoms with Crippen molar-refractivity contribution in [2.24, 2.45) is 13.0 Å². The number of carbonyl (C=O) groups is 2. The molecule has 0 bridgehead atoms. The van der Waals surface area contributed by atoms with E-state index in [1.54, 1.807) is 7.11 Å². The lowest BCUT2D eigenvalue weighted by atomic mass is 9.97. The second-order valence-corrected chi connectivity index (χ2v) is 10.7. The van der Waals surface area contributed by atoms with Gasteiger partial charge < -0.3 is 29.2 Å². The van der Waals surface area contributed by atoms with Crippen LogP contribution in [0, 0.1) is 5.92 Å². The van der Waals surface area contributed by atoms with Crippen molar-refractivity contribution in [3.8, 4) is 17.3 Å². The molecular weight excluding hydrogens is 501 g/mol. The fourth-order valence-electron chi connectivity index (χ4n) is 5.71. The molecule has 9 nitrogen and oxygen atoms in total. The first-order valence-corrected chi connectivity index (χ1v) is 13.3. The van der Waals surface area contributed by atoms with E-state index in [1.165, 1.54) is 24.7 Å². The summed E-state index contributed by atoms with van der Waals surface area (Å²) >= 11 is 0. The van der Waals surface area contributed by atoms with Crippen LogP contribution in [0.3, 0.4) is 0 Å². The number of amides is 2. The van der Waals surface area contributed by atoms with Gasteiger partial charge >= 0.3 is 6.09 Å². The van der Waals surface area contributed by atoms with Crippen LogP contribution < -0.4 is 10.1 Å². The predicted molar refractivity (Wildman–Crippen MR) is 146 cm³/mol. The number of rotatable bonds is 8. The number of nitrogens with zero attached hydrogens (tertiary/aromatic N) is 4. The quantitative estimate of drug-likeness (QED) is 0.345. The van der Waals surface area contributed by atoms with E-state index in [0.717, 1.165) is 45.8 Å². The maximum Gasteiger partial charge on any atom is 0.405 e. The highest BCUT2D eigenvalue weighted by atomic mass is 19.1. The molecule has 2 N–H and O–H groups in total. The minimum Gasteiger partial charge on any atom is -0.495 e. The van der Waals surface area contributed by atoms with E-state index < -0.39 is 18.3 Å². The van der Waals surface area contributed by atoms with E-state index in [2.05, 4.69) is 26.6 Å². The SMILES string of the molecule is COc1cccc2cc(-c3nc4cc5c(cc4n3C)CCN(C[C@H](NC(=O)O)C(C)F)C5=O)n(CC3CC3)c12. The number of methoxy groups -OCH3 is 1. The predicted octanol–water partition coefficient (Wildman–Crippen LogP) is 4.61. The number of imidazole rings is 1. The van der Waals surface area contributed by atoms with E-state index in [9.17, 15) is 14.0 Å². The maximum atomic E-state index is 14.1. The third kappa shape index (κ3) is 4.47. The summed E-state index contributed by atoms with van der Waals surface area (Å²) in [4.78, 5) is 31.0. The lowest BCUT2D eigenvalue weighted by Gasteiger charge is -2.32. The fraction of sp³-hybridized carbons (Fsp3) is 0.414. The van der Waals surface area contributed by atoms with Crippen LogP contribution in [0.25, 0.3) is 33.5 Å². The molecule has 2 atom stereocenters. The van der Waals surface area contributed by atoms with Crippen molar-refractivity contribution in [1.29, 1.82) is 0 Å². The second kappa shape index (κ2) is 9.59. The molecule has 1 aliphatic heterocycles. The number of benzene rings is 2. The Morgan fingerprint density at radius 2 is 2.08 bits per heavy atom. The molecule has 0 saturated heterocycles. The van der Waals surface area contributed by atoms with Gasteiger partial charge in [-0.15, -0.1) is 0 Å². The molecule has 1 fully saturated rings. The molecule has 2 aromatic carbocycles. The number of fused-ring (bicyclic) bond motifs is 3. The molecule has 0 spiro atoms. The second-order valence-electron chi connectivity index (χ2n) is 10.7. The van der Waals surface area contributed by atoms with Gasteiger partial charge in [0.1, 0.15) is 11.9 Å². The van der Waals surface area contributed by atoms with Crippen LogP contribution in [0.2, 0.25) is 0 Å². The summed E-state index contributed by atoms with van der Waals surface area (Å²) in [7, 11) is 3.69. The van der Waals surface area contributed by atoms with Gasteiger partial charge in [0, 0.05) is 37.6 Å². The van der Waals surface area contributed by atoms with Gasteiger partial charge in [-0.3, -0.25) is 4.79 Å². The molecule has 2 aromatic heterocycles. The minimum atomic E-state index is -1.43. The first kappa shape index (κ1) is 25.2. The van der Waals surface area contributed by atoms with Gasteiger partial charge in [-0.1, -0.05) is 12.1 Å². The van der Waals surface area contributed by atoms with Gasteiger partial charge in [0.05, 0.1) is 35.4 Å².